The molecule has 2 aliphatic carbocycles. The van der Waals surface area contributed by atoms with E-state index in [1.807, 2.05) is 66.7 Å². The third kappa shape index (κ3) is 9.47. The SMILES string of the molecule is CO[C@@]1(c2ccc(-c3ccccc3)cc2)C[C@@H](C=O)N(C(=O)[C@H](CCCCC/C=C\[C@@H]2C[C@]2(N)C(=O)NS(=O)(=O)C2CC2)NC(=O)OC(C)(C)C)C1. The van der Waals surface area contributed by atoms with Crippen LogP contribution in [0.4, 0.5) is 4.79 Å². The van der Waals surface area contributed by atoms with E-state index < -0.39 is 56.1 Å². The first-order chi connectivity index (χ1) is 24.6. The van der Waals surface area contributed by atoms with Crippen LogP contribution in [0, 0.1) is 5.92 Å². The summed E-state index contributed by atoms with van der Waals surface area (Å²) >= 11 is 0. The molecule has 2 saturated carbocycles. The van der Waals surface area contributed by atoms with Gasteiger partial charge in [0.25, 0.3) is 5.91 Å². The Morgan fingerprint density at radius 1 is 1.00 bits per heavy atom. The van der Waals surface area contributed by atoms with Gasteiger partial charge in [-0.25, -0.2) is 13.2 Å². The molecule has 52 heavy (non-hydrogen) atoms. The van der Waals surface area contributed by atoms with Crippen molar-refractivity contribution in [3.8, 4) is 11.1 Å². The molecule has 2 aromatic carbocycles. The fourth-order valence-electron chi connectivity index (χ4n) is 6.79. The lowest BCUT2D eigenvalue weighted by Gasteiger charge is -2.30. The van der Waals surface area contributed by atoms with Crippen LogP contribution in [-0.2, 0) is 39.5 Å². The highest BCUT2D eigenvalue weighted by Gasteiger charge is 2.57. The summed E-state index contributed by atoms with van der Waals surface area (Å²) in [4.78, 5) is 53.4. The number of amides is 3. The van der Waals surface area contributed by atoms with Crippen LogP contribution in [0.1, 0.15) is 84.1 Å². The van der Waals surface area contributed by atoms with Crippen molar-refractivity contribution in [1.29, 1.82) is 0 Å². The minimum Gasteiger partial charge on any atom is -0.444 e. The van der Waals surface area contributed by atoms with Crippen LogP contribution in [0.2, 0.25) is 0 Å². The summed E-state index contributed by atoms with van der Waals surface area (Å²) in [5.74, 6) is -1.26. The number of nitrogens with one attached hydrogen (secondary N) is 2. The van der Waals surface area contributed by atoms with E-state index >= 15 is 0 Å². The fraction of sp³-hybridized carbons (Fsp3) is 0.538. The third-order valence-corrected chi connectivity index (χ3v) is 11.9. The summed E-state index contributed by atoms with van der Waals surface area (Å²) in [6, 6.07) is 16.3. The Labute approximate surface area is 306 Å². The monoisotopic (exact) mass is 736 g/mol. The summed E-state index contributed by atoms with van der Waals surface area (Å²) in [5.41, 5.74) is 6.26. The highest BCUT2D eigenvalue weighted by atomic mass is 32.2. The predicted octanol–water partition coefficient (Wildman–Crippen LogP) is 4.72. The number of alkyl carbamates (subject to hydrolysis) is 1. The maximum atomic E-state index is 14.1. The molecule has 1 aliphatic heterocycles. The molecule has 0 bridgehead atoms. The zero-order valence-corrected chi connectivity index (χ0v) is 31.3. The number of ether oxygens (including phenoxy) is 2. The van der Waals surface area contributed by atoms with Crippen LogP contribution in [0.15, 0.2) is 66.7 Å². The van der Waals surface area contributed by atoms with Gasteiger partial charge in [0.05, 0.1) is 17.8 Å². The number of unbranched alkanes of at least 4 members (excludes halogenated alkanes) is 3. The average Bonchev–Trinajstić information content (AvgIpc) is 4.03. The molecule has 0 spiro atoms. The fourth-order valence-corrected chi connectivity index (χ4v) is 8.16. The van der Waals surface area contributed by atoms with E-state index in [4.69, 9.17) is 15.2 Å². The molecule has 282 valence electrons. The highest BCUT2D eigenvalue weighted by Crippen LogP contribution is 2.43. The Kier molecular flexibility index (Phi) is 12.0. The van der Waals surface area contributed by atoms with Gasteiger partial charge in [-0.05, 0) is 76.0 Å². The molecule has 3 amide bonds. The minimum absolute atomic E-state index is 0.141. The Morgan fingerprint density at radius 2 is 1.67 bits per heavy atom. The van der Waals surface area contributed by atoms with E-state index in [0.29, 0.717) is 38.5 Å². The molecular formula is C39H52N4O8S. The number of nitrogens with two attached hydrogens (primary N) is 1. The minimum atomic E-state index is -3.65. The number of aldehydes is 1. The standard InChI is InChI=1S/C39H52N4O8S/c1-37(2,3)51-36(47)41-33(16-12-7-5-6-11-15-30-23-39(30,40)35(46)42-52(48,49)32-21-22-32)34(45)43-26-38(50-4,24-31(43)25-44)29-19-17-28(18-20-29)27-13-9-8-10-14-27/h8-11,13-15,17-20,25,30-33H,5-7,12,16,21-24,26,40H2,1-4H3,(H,41,47)(H,42,46)/b15-11-/t30-,31+,33+,38+,39-/m1/s1. The van der Waals surface area contributed by atoms with E-state index in [2.05, 4.69) is 10.0 Å². The molecule has 3 aliphatic rings. The van der Waals surface area contributed by atoms with Crippen molar-refractivity contribution < 1.29 is 37.1 Å². The smallest absolute Gasteiger partial charge is 0.408 e. The molecule has 13 heteroatoms. The second kappa shape index (κ2) is 15.9. The quantitative estimate of drug-likeness (QED) is 0.125. The summed E-state index contributed by atoms with van der Waals surface area (Å²) in [5, 5.41) is 2.27. The number of allylic oxidation sites excluding steroid dienone is 1. The molecule has 12 nitrogen and oxygen atoms in total. The highest BCUT2D eigenvalue weighted by molar-refractivity contribution is 7.91. The number of carbonyl (C=O) groups excluding carboxylic acids is 4. The normalized spacial score (nSPS) is 25.1. The molecule has 4 N–H and O–H groups in total. The van der Waals surface area contributed by atoms with Crippen molar-refractivity contribution >= 4 is 34.2 Å². The van der Waals surface area contributed by atoms with E-state index in [1.165, 1.54) is 4.90 Å². The van der Waals surface area contributed by atoms with Crippen molar-refractivity contribution in [2.45, 2.75) is 113 Å². The number of methoxy groups -OCH3 is 1. The lowest BCUT2D eigenvalue weighted by Crippen LogP contribution is -2.51. The number of hydrogen-bond acceptors (Lipinski definition) is 9. The number of sulfonamides is 1. The van der Waals surface area contributed by atoms with Crippen LogP contribution < -0.4 is 15.8 Å². The Morgan fingerprint density at radius 3 is 2.29 bits per heavy atom. The number of rotatable bonds is 16. The lowest BCUT2D eigenvalue weighted by atomic mass is 9.89. The Hall–Kier alpha value is -4.07. The zero-order chi connectivity index (χ0) is 37.7. The van der Waals surface area contributed by atoms with E-state index in [-0.39, 0.29) is 24.8 Å². The third-order valence-electron chi connectivity index (χ3n) is 10.1. The largest absolute Gasteiger partial charge is 0.444 e. The van der Waals surface area contributed by atoms with Gasteiger partial charge in [-0.3, -0.25) is 14.3 Å². The summed E-state index contributed by atoms with van der Waals surface area (Å²) in [6.45, 7) is 5.38. The van der Waals surface area contributed by atoms with Crippen LogP contribution in [0.25, 0.3) is 11.1 Å². The summed E-state index contributed by atoms with van der Waals surface area (Å²) in [7, 11) is -2.07. The molecule has 3 fully saturated rings. The van der Waals surface area contributed by atoms with Gasteiger partial charge in [0.15, 0.2) is 0 Å². The summed E-state index contributed by atoms with van der Waals surface area (Å²) < 4.78 is 37.9. The van der Waals surface area contributed by atoms with E-state index in [1.54, 1.807) is 27.9 Å². The number of nitrogens with zero attached hydrogens (tertiary/aromatic N) is 1. The predicted molar refractivity (Wildman–Crippen MR) is 197 cm³/mol. The molecule has 5 atom stereocenters. The van der Waals surface area contributed by atoms with Crippen LogP contribution in [0.3, 0.4) is 0 Å². The zero-order valence-electron chi connectivity index (χ0n) is 30.5. The van der Waals surface area contributed by atoms with Gasteiger partial charge in [0.2, 0.25) is 15.9 Å². The van der Waals surface area contributed by atoms with Gasteiger partial charge >= 0.3 is 6.09 Å². The van der Waals surface area contributed by atoms with Crippen LogP contribution in [0.5, 0.6) is 0 Å². The summed E-state index contributed by atoms with van der Waals surface area (Å²) in [6.07, 6.45) is 8.82. The molecule has 1 heterocycles. The van der Waals surface area contributed by atoms with Crippen molar-refractivity contribution in [1.82, 2.24) is 14.9 Å². The Bertz CT molecular complexity index is 1740. The maximum Gasteiger partial charge on any atom is 0.408 e. The molecule has 2 aromatic rings. The number of hydrogen-bond donors (Lipinski definition) is 3. The molecule has 1 saturated heterocycles. The number of carbonyl (C=O) groups is 4. The number of likely N-dealkylation sites (tertiary alicyclic amines) is 1. The maximum absolute atomic E-state index is 14.1. The lowest BCUT2D eigenvalue weighted by molar-refractivity contribution is -0.137. The van der Waals surface area contributed by atoms with Crippen molar-refractivity contribution in [2.75, 3.05) is 13.7 Å². The first kappa shape index (κ1) is 39.1. The van der Waals surface area contributed by atoms with E-state index in [9.17, 15) is 27.6 Å². The second-order valence-electron chi connectivity index (χ2n) is 15.3. The topological polar surface area (TPSA) is 174 Å². The van der Waals surface area contributed by atoms with Gasteiger partial charge in [-0.1, -0.05) is 79.6 Å². The van der Waals surface area contributed by atoms with Gasteiger partial charge in [0.1, 0.15) is 29.1 Å². The molecule has 0 radical (unpaired) electrons. The van der Waals surface area contributed by atoms with Crippen LogP contribution in [-0.4, -0.2) is 79.6 Å². The van der Waals surface area contributed by atoms with Gasteiger partial charge < -0.3 is 30.2 Å². The molecule has 0 unspecified atom stereocenters. The van der Waals surface area contributed by atoms with Gasteiger partial charge in [-0.15, -0.1) is 0 Å². The Balaban J connectivity index is 1.18. The first-order valence-corrected chi connectivity index (χ1v) is 19.6. The molecular weight excluding hydrogens is 685 g/mol. The molecule has 0 aromatic heterocycles. The van der Waals surface area contributed by atoms with Crippen molar-refractivity contribution in [3.05, 3.63) is 72.3 Å². The second-order valence-corrected chi connectivity index (χ2v) is 17.3. The van der Waals surface area contributed by atoms with Gasteiger partial charge in [0, 0.05) is 19.4 Å². The van der Waals surface area contributed by atoms with Crippen molar-refractivity contribution in [2.24, 2.45) is 11.7 Å². The molecule has 5 rings (SSSR count). The van der Waals surface area contributed by atoms with Gasteiger partial charge in [-0.2, -0.15) is 0 Å². The van der Waals surface area contributed by atoms with Crippen LogP contribution >= 0.6 is 0 Å². The average molecular weight is 737 g/mol. The van der Waals surface area contributed by atoms with E-state index in [0.717, 1.165) is 35.8 Å². The first-order valence-electron chi connectivity index (χ1n) is 18.1. The number of benzene rings is 2. The van der Waals surface area contributed by atoms with Crippen molar-refractivity contribution in [3.63, 3.8) is 0 Å².